The van der Waals surface area contributed by atoms with Gasteiger partial charge in [-0.2, -0.15) is 0 Å². The Kier molecular flexibility index (Phi) is 2.64. The van der Waals surface area contributed by atoms with Crippen molar-refractivity contribution in [2.45, 2.75) is 18.6 Å². The van der Waals surface area contributed by atoms with E-state index in [0.717, 1.165) is 0 Å². The molecule has 0 saturated heterocycles. The van der Waals surface area contributed by atoms with E-state index in [2.05, 4.69) is 4.99 Å². The largest absolute Gasteiger partial charge is 0.461 e. The van der Waals surface area contributed by atoms with Crippen molar-refractivity contribution in [3.8, 4) is 0 Å². The van der Waals surface area contributed by atoms with Gasteiger partial charge in [-0.05, 0) is 18.2 Å². The number of fused-ring (bicyclic) bond motifs is 1. The number of aliphatic imine (C=N–C) groups is 1. The van der Waals surface area contributed by atoms with Crippen molar-refractivity contribution >= 4 is 23.3 Å². The summed E-state index contributed by atoms with van der Waals surface area (Å²) in [6, 6.07) is 5.03. The average molecular weight is 284 g/mol. The van der Waals surface area contributed by atoms with Gasteiger partial charge in [0.1, 0.15) is 18.3 Å². The van der Waals surface area contributed by atoms with Crippen LogP contribution in [0.1, 0.15) is 12.5 Å². The van der Waals surface area contributed by atoms with Crippen LogP contribution >= 0.6 is 11.6 Å². The number of rotatable bonds is 2. The van der Waals surface area contributed by atoms with Crippen LogP contribution in [0.25, 0.3) is 0 Å². The lowest BCUT2D eigenvalue weighted by Crippen LogP contribution is -2.39. The molecule has 1 fully saturated rings. The molecule has 102 valence electrons. The molecule has 1 aliphatic carbocycles. The molecule has 0 spiro atoms. The maximum absolute atomic E-state index is 13.8. The summed E-state index contributed by atoms with van der Waals surface area (Å²) in [7, 11) is 0. The molecule has 0 bridgehead atoms. The topological polar surface area (TPSA) is 73.6 Å². The Hall–Kier alpha value is -1.49. The Morgan fingerprint density at radius 2 is 2.21 bits per heavy atom. The maximum atomic E-state index is 13.8. The first-order valence-electron chi connectivity index (χ1n) is 6.13. The fourth-order valence-corrected chi connectivity index (χ4v) is 3.34. The van der Waals surface area contributed by atoms with Gasteiger partial charge < -0.3 is 16.2 Å². The highest BCUT2D eigenvalue weighted by Gasteiger charge is 2.65. The van der Waals surface area contributed by atoms with Crippen LogP contribution in [0.5, 0.6) is 0 Å². The normalized spacial score (nSPS) is 36.2. The zero-order valence-corrected chi connectivity index (χ0v) is 11.2. The quantitative estimate of drug-likeness (QED) is 0.816. The molecule has 1 aromatic rings. The standard InChI is InChI=1S/C13H15ClFN3O/c1-6-10-11(6)19-12(17)18-13(10,5-15)8-4-7(16)2-3-9(8)14/h2-4,6,10-11H,5,16H2,1H3,(H2,17,18). The number of nitrogen functional groups attached to an aromatic ring is 1. The van der Waals surface area contributed by atoms with Crippen LogP contribution in [-0.2, 0) is 10.3 Å². The highest BCUT2D eigenvalue weighted by Crippen LogP contribution is 2.58. The minimum Gasteiger partial charge on any atom is -0.461 e. The molecule has 3 rings (SSSR count). The van der Waals surface area contributed by atoms with Gasteiger partial charge in [0.2, 0.25) is 0 Å². The Labute approximate surface area is 115 Å². The summed E-state index contributed by atoms with van der Waals surface area (Å²) in [6.45, 7) is 1.32. The van der Waals surface area contributed by atoms with E-state index in [-0.39, 0.29) is 24.0 Å². The second-order valence-corrected chi connectivity index (χ2v) is 5.62. The molecule has 1 aromatic carbocycles. The van der Waals surface area contributed by atoms with Gasteiger partial charge in [-0.3, -0.25) is 0 Å². The van der Waals surface area contributed by atoms with Gasteiger partial charge >= 0.3 is 0 Å². The molecule has 0 radical (unpaired) electrons. The molecule has 4 atom stereocenters. The number of amidine groups is 1. The Morgan fingerprint density at radius 1 is 1.47 bits per heavy atom. The van der Waals surface area contributed by atoms with Gasteiger partial charge in [-0.1, -0.05) is 18.5 Å². The van der Waals surface area contributed by atoms with Gasteiger partial charge in [0, 0.05) is 28.1 Å². The summed E-state index contributed by atoms with van der Waals surface area (Å²) >= 11 is 6.20. The second kappa shape index (κ2) is 4.00. The van der Waals surface area contributed by atoms with E-state index in [4.69, 9.17) is 27.8 Å². The monoisotopic (exact) mass is 283 g/mol. The van der Waals surface area contributed by atoms with E-state index < -0.39 is 12.2 Å². The van der Waals surface area contributed by atoms with Gasteiger partial charge in [0.25, 0.3) is 6.02 Å². The SMILES string of the molecule is CC1C2OC(N)=NC(CF)(c3cc(N)ccc3Cl)C12. The molecule has 4 nitrogen and oxygen atoms in total. The van der Waals surface area contributed by atoms with E-state index in [1.165, 1.54) is 0 Å². The van der Waals surface area contributed by atoms with Gasteiger partial charge in [0.05, 0.1) is 0 Å². The molecule has 19 heavy (non-hydrogen) atoms. The maximum Gasteiger partial charge on any atom is 0.283 e. The van der Waals surface area contributed by atoms with Crippen molar-refractivity contribution in [1.29, 1.82) is 0 Å². The van der Waals surface area contributed by atoms with Crippen molar-refractivity contribution in [3.05, 3.63) is 28.8 Å². The van der Waals surface area contributed by atoms with E-state index in [1.54, 1.807) is 18.2 Å². The molecule has 0 amide bonds. The summed E-state index contributed by atoms with van der Waals surface area (Å²) in [5.41, 5.74) is 11.5. The van der Waals surface area contributed by atoms with E-state index in [9.17, 15) is 4.39 Å². The predicted molar refractivity (Wildman–Crippen MR) is 72.7 cm³/mol. The minimum absolute atomic E-state index is 0.0155. The summed E-state index contributed by atoms with van der Waals surface area (Å²) in [4.78, 5) is 4.23. The van der Waals surface area contributed by atoms with Gasteiger partial charge in [0.15, 0.2) is 0 Å². The Bertz CT molecular complexity index is 565. The van der Waals surface area contributed by atoms with Gasteiger partial charge in [-0.25, -0.2) is 9.38 Å². The second-order valence-electron chi connectivity index (χ2n) is 5.21. The number of nitrogens with two attached hydrogens (primary N) is 2. The highest BCUT2D eigenvalue weighted by molar-refractivity contribution is 6.31. The number of hydrogen-bond acceptors (Lipinski definition) is 4. The minimum atomic E-state index is -1.07. The molecular formula is C13H15ClFN3O. The first-order valence-corrected chi connectivity index (χ1v) is 6.51. The lowest BCUT2D eigenvalue weighted by Gasteiger charge is -2.32. The molecule has 1 aliphatic heterocycles. The van der Waals surface area contributed by atoms with Crippen LogP contribution in [0.2, 0.25) is 5.02 Å². The van der Waals surface area contributed by atoms with E-state index in [0.29, 0.717) is 16.3 Å². The summed E-state index contributed by atoms with van der Waals surface area (Å²) in [6.07, 6.45) is -0.0919. The first kappa shape index (κ1) is 12.5. The fraction of sp³-hybridized carbons (Fsp3) is 0.462. The fourth-order valence-electron chi connectivity index (χ4n) is 3.06. The Morgan fingerprint density at radius 3 is 2.89 bits per heavy atom. The molecule has 2 aliphatic rings. The molecule has 1 saturated carbocycles. The molecular weight excluding hydrogens is 269 g/mol. The van der Waals surface area contributed by atoms with Crippen LogP contribution in [0.15, 0.2) is 23.2 Å². The van der Waals surface area contributed by atoms with Crippen LogP contribution < -0.4 is 11.5 Å². The van der Waals surface area contributed by atoms with Crippen molar-refractivity contribution < 1.29 is 9.13 Å². The predicted octanol–water partition coefficient (Wildman–Crippen LogP) is 2.07. The molecule has 6 heteroatoms. The lowest BCUT2D eigenvalue weighted by atomic mass is 9.85. The summed E-state index contributed by atoms with van der Waals surface area (Å²) in [5, 5.41) is 0.447. The molecule has 4 N–H and O–H groups in total. The lowest BCUT2D eigenvalue weighted by molar-refractivity contribution is 0.171. The molecule has 1 heterocycles. The van der Waals surface area contributed by atoms with E-state index >= 15 is 0 Å². The van der Waals surface area contributed by atoms with Crippen LogP contribution in [0.4, 0.5) is 10.1 Å². The number of alkyl halides is 1. The third-order valence-electron chi connectivity index (χ3n) is 4.08. The number of benzene rings is 1. The van der Waals surface area contributed by atoms with Crippen molar-refractivity contribution in [2.24, 2.45) is 22.6 Å². The van der Waals surface area contributed by atoms with Crippen LogP contribution in [0.3, 0.4) is 0 Å². The van der Waals surface area contributed by atoms with Crippen molar-refractivity contribution in [3.63, 3.8) is 0 Å². The molecule has 4 unspecified atom stereocenters. The number of anilines is 1. The Balaban J connectivity index is 2.17. The smallest absolute Gasteiger partial charge is 0.283 e. The first-order chi connectivity index (χ1) is 8.99. The van der Waals surface area contributed by atoms with E-state index in [1.807, 2.05) is 6.92 Å². The zero-order chi connectivity index (χ0) is 13.8. The summed E-state index contributed by atoms with van der Waals surface area (Å²) < 4.78 is 19.2. The van der Waals surface area contributed by atoms with Crippen molar-refractivity contribution in [2.75, 3.05) is 12.4 Å². The number of hydrogen-bond donors (Lipinski definition) is 2. The van der Waals surface area contributed by atoms with Crippen molar-refractivity contribution in [1.82, 2.24) is 0 Å². The molecule has 0 aromatic heterocycles. The van der Waals surface area contributed by atoms with Gasteiger partial charge in [-0.15, -0.1) is 0 Å². The highest BCUT2D eigenvalue weighted by atomic mass is 35.5. The number of nitrogens with zero attached hydrogens (tertiary/aromatic N) is 1. The summed E-state index contributed by atoms with van der Waals surface area (Å²) in [5.74, 6) is 0.141. The average Bonchev–Trinajstić information content (AvgIpc) is 3.02. The zero-order valence-electron chi connectivity index (χ0n) is 10.4. The number of ether oxygens (including phenoxy) is 1. The third-order valence-corrected chi connectivity index (χ3v) is 4.41. The number of halogens is 2. The van der Waals surface area contributed by atoms with Crippen LogP contribution in [0, 0.1) is 11.8 Å². The van der Waals surface area contributed by atoms with Crippen LogP contribution in [-0.4, -0.2) is 18.8 Å². The third kappa shape index (κ3) is 1.68.